The number of rotatable bonds is 4. The maximum atomic E-state index is 14.0. The molecule has 1 aromatic rings. The van der Waals surface area contributed by atoms with E-state index in [1.54, 1.807) is 12.1 Å². The van der Waals surface area contributed by atoms with E-state index >= 15 is 0 Å². The van der Waals surface area contributed by atoms with Gasteiger partial charge in [-0.3, -0.25) is 14.5 Å². The molecule has 5 nitrogen and oxygen atoms in total. The Morgan fingerprint density at radius 2 is 1.62 bits per heavy atom. The van der Waals surface area contributed by atoms with E-state index in [2.05, 4.69) is 4.90 Å². The summed E-state index contributed by atoms with van der Waals surface area (Å²) >= 11 is 0. The topological polar surface area (TPSA) is 43.9 Å². The molecule has 1 amide bonds. The van der Waals surface area contributed by atoms with E-state index < -0.39 is 5.82 Å². The van der Waals surface area contributed by atoms with Crippen LogP contribution in [0.5, 0.6) is 0 Å². The van der Waals surface area contributed by atoms with Crippen LogP contribution in [0.1, 0.15) is 43.0 Å². The van der Waals surface area contributed by atoms with Gasteiger partial charge in [-0.2, -0.15) is 0 Å². The third-order valence-electron chi connectivity index (χ3n) is 5.37. The first-order valence-electron chi connectivity index (χ1n) is 9.61. The maximum absolute atomic E-state index is 14.0. The minimum absolute atomic E-state index is 0.168. The van der Waals surface area contributed by atoms with Crippen LogP contribution in [-0.2, 0) is 4.79 Å². The number of carbonyl (C=O) groups is 2. The predicted molar refractivity (Wildman–Crippen MR) is 100 cm³/mol. The second-order valence-electron chi connectivity index (χ2n) is 7.25. The Labute approximate surface area is 154 Å². The van der Waals surface area contributed by atoms with Gasteiger partial charge in [-0.1, -0.05) is 18.9 Å². The lowest BCUT2D eigenvalue weighted by Gasteiger charge is -2.37. The smallest absolute Gasteiger partial charge is 0.236 e. The van der Waals surface area contributed by atoms with Gasteiger partial charge in [0.1, 0.15) is 5.82 Å². The van der Waals surface area contributed by atoms with Crippen molar-refractivity contribution in [2.24, 2.45) is 0 Å². The quantitative estimate of drug-likeness (QED) is 0.773. The van der Waals surface area contributed by atoms with Gasteiger partial charge in [0.15, 0.2) is 5.78 Å². The number of nitrogens with zero attached hydrogens (tertiary/aromatic N) is 3. The molecule has 0 atom stereocenters. The Kier molecular flexibility index (Phi) is 6.25. The first-order valence-corrected chi connectivity index (χ1v) is 9.61. The Morgan fingerprint density at radius 3 is 2.23 bits per heavy atom. The van der Waals surface area contributed by atoms with Crippen LogP contribution in [0.4, 0.5) is 10.1 Å². The average molecular weight is 361 g/mol. The molecule has 0 spiro atoms. The first-order chi connectivity index (χ1) is 12.6. The molecule has 3 rings (SSSR count). The van der Waals surface area contributed by atoms with Gasteiger partial charge < -0.3 is 9.80 Å². The van der Waals surface area contributed by atoms with E-state index in [1.807, 2.05) is 9.80 Å². The molecule has 0 bridgehead atoms. The maximum Gasteiger partial charge on any atom is 0.236 e. The molecule has 2 heterocycles. The molecule has 2 saturated heterocycles. The summed E-state index contributed by atoms with van der Waals surface area (Å²) < 4.78 is 14.0. The van der Waals surface area contributed by atoms with E-state index in [0.717, 1.165) is 39.0 Å². The number of amides is 1. The number of carbonyl (C=O) groups excluding carboxylic acids is 2. The fraction of sp³-hybridized carbons (Fsp3) is 0.600. The first kappa shape index (κ1) is 18.8. The number of likely N-dealkylation sites (tertiary alicyclic amines) is 1. The zero-order valence-electron chi connectivity index (χ0n) is 15.5. The van der Waals surface area contributed by atoms with Crippen molar-refractivity contribution in [3.8, 4) is 0 Å². The second-order valence-corrected chi connectivity index (χ2v) is 7.25. The van der Waals surface area contributed by atoms with Gasteiger partial charge in [-0.05, 0) is 31.9 Å². The van der Waals surface area contributed by atoms with Crippen LogP contribution in [0.25, 0.3) is 0 Å². The van der Waals surface area contributed by atoms with Gasteiger partial charge in [0.25, 0.3) is 0 Å². The highest BCUT2D eigenvalue weighted by Gasteiger charge is 2.25. The zero-order valence-corrected chi connectivity index (χ0v) is 15.5. The Morgan fingerprint density at radius 1 is 0.962 bits per heavy atom. The number of anilines is 1. The van der Waals surface area contributed by atoms with Crippen molar-refractivity contribution < 1.29 is 14.0 Å². The molecule has 0 aromatic heterocycles. The van der Waals surface area contributed by atoms with Crippen molar-refractivity contribution in [2.75, 3.05) is 50.7 Å². The summed E-state index contributed by atoms with van der Waals surface area (Å²) in [6, 6.07) is 4.78. The van der Waals surface area contributed by atoms with E-state index in [0.29, 0.717) is 25.3 Å². The third kappa shape index (κ3) is 4.41. The number of Topliss-reactive ketones (excluding diaryl/α,β-unsaturated/α-hetero) is 1. The van der Waals surface area contributed by atoms with Crippen molar-refractivity contribution in [1.82, 2.24) is 9.80 Å². The molecule has 0 radical (unpaired) electrons. The third-order valence-corrected chi connectivity index (χ3v) is 5.37. The Balaban J connectivity index is 1.57. The second kappa shape index (κ2) is 8.62. The molecule has 0 unspecified atom stereocenters. The van der Waals surface area contributed by atoms with E-state index in [9.17, 15) is 14.0 Å². The van der Waals surface area contributed by atoms with E-state index in [-0.39, 0.29) is 17.3 Å². The van der Waals surface area contributed by atoms with Crippen molar-refractivity contribution in [2.45, 2.75) is 32.6 Å². The molecular formula is C20H28FN3O2. The SMILES string of the molecule is CC(=O)c1c(F)cccc1N1CCN(CC(=O)N2CCCCCC2)CC1. The normalized spacial score (nSPS) is 19.3. The fourth-order valence-corrected chi connectivity index (χ4v) is 3.88. The van der Waals surface area contributed by atoms with Crippen LogP contribution in [-0.4, -0.2) is 67.3 Å². The summed E-state index contributed by atoms with van der Waals surface area (Å²) in [5.74, 6) is -0.499. The number of hydrogen-bond donors (Lipinski definition) is 0. The molecule has 2 fully saturated rings. The number of hydrogen-bond acceptors (Lipinski definition) is 4. The molecule has 0 saturated carbocycles. The molecule has 142 valence electrons. The highest BCUT2D eigenvalue weighted by molar-refractivity contribution is 6.00. The van der Waals surface area contributed by atoms with E-state index in [4.69, 9.17) is 0 Å². The standard InChI is InChI=1S/C20H28FN3O2/c1-16(25)20-17(21)7-6-8-18(20)23-13-11-22(12-14-23)15-19(26)24-9-4-2-3-5-10-24/h6-8H,2-5,9-15H2,1H3. The van der Waals surface area contributed by atoms with Crippen LogP contribution < -0.4 is 4.90 Å². The molecule has 0 aliphatic carbocycles. The molecular weight excluding hydrogens is 333 g/mol. The van der Waals surface area contributed by atoms with Crippen molar-refractivity contribution in [3.63, 3.8) is 0 Å². The average Bonchev–Trinajstić information content (AvgIpc) is 2.91. The largest absolute Gasteiger partial charge is 0.368 e. The minimum Gasteiger partial charge on any atom is -0.368 e. The van der Waals surface area contributed by atoms with Crippen LogP contribution in [0.3, 0.4) is 0 Å². The van der Waals surface area contributed by atoms with Gasteiger partial charge in [-0.25, -0.2) is 4.39 Å². The molecule has 2 aliphatic rings. The summed E-state index contributed by atoms with van der Waals surface area (Å²) in [4.78, 5) is 30.6. The van der Waals surface area contributed by atoms with Crippen LogP contribution in [0.2, 0.25) is 0 Å². The predicted octanol–water partition coefficient (Wildman–Crippen LogP) is 2.55. The molecule has 2 aliphatic heterocycles. The Hall–Kier alpha value is -1.95. The summed E-state index contributed by atoms with van der Waals surface area (Å²) in [6.45, 7) is 6.48. The van der Waals surface area contributed by atoms with E-state index in [1.165, 1.54) is 25.8 Å². The number of benzene rings is 1. The monoisotopic (exact) mass is 361 g/mol. The molecule has 1 aromatic carbocycles. The van der Waals surface area contributed by atoms with Gasteiger partial charge in [-0.15, -0.1) is 0 Å². The lowest BCUT2D eigenvalue weighted by atomic mass is 10.1. The van der Waals surface area contributed by atoms with Gasteiger partial charge in [0.2, 0.25) is 5.91 Å². The van der Waals surface area contributed by atoms with Crippen LogP contribution >= 0.6 is 0 Å². The van der Waals surface area contributed by atoms with Gasteiger partial charge in [0.05, 0.1) is 17.8 Å². The van der Waals surface area contributed by atoms with Gasteiger partial charge >= 0.3 is 0 Å². The summed E-state index contributed by atoms with van der Waals surface area (Å²) in [5, 5.41) is 0. The number of halogens is 1. The number of piperazine rings is 1. The highest BCUT2D eigenvalue weighted by atomic mass is 19.1. The van der Waals surface area contributed by atoms with Gasteiger partial charge in [0, 0.05) is 39.3 Å². The fourth-order valence-electron chi connectivity index (χ4n) is 3.88. The van der Waals surface area contributed by atoms with Crippen molar-refractivity contribution >= 4 is 17.4 Å². The Bertz CT molecular complexity index is 648. The summed E-state index contributed by atoms with van der Waals surface area (Å²) in [6.07, 6.45) is 4.64. The summed E-state index contributed by atoms with van der Waals surface area (Å²) in [5.41, 5.74) is 0.831. The van der Waals surface area contributed by atoms with Crippen LogP contribution in [0, 0.1) is 5.82 Å². The number of ketones is 1. The molecule has 0 N–H and O–H groups in total. The lowest BCUT2D eigenvalue weighted by molar-refractivity contribution is -0.132. The molecule has 26 heavy (non-hydrogen) atoms. The van der Waals surface area contributed by atoms with Crippen LogP contribution in [0.15, 0.2) is 18.2 Å². The highest BCUT2D eigenvalue weighted by Crippen LogP contribution is 2.25. The van der Waals surface area contributed by atoms with Crippen molar-refractivity contribution in [1.29, 1.82) is 0 Å². The summed E-state index contributed by atoms with van der Waals surface area (Å²) in [7, 11) is 0. The lowest BCUT2D eigenvalue weighted by Crippen LogP contribution is -2.50. The minimum atomic E-state index is -0.464. The molecule has 6 heteroatoms. The zero-order chi connectivity index (χ0) is 18.5. The van der Waals surface area contributed by atoms with Crippen molar-refractivity contribution in [3.05, 3.63) is 29.6 Å².